The van der Waals surface area contributed by atoms with Crippen molar-refractivity contribution in [2.75, 3.05) is 19.6 Å². The van der Waals surface area contributed by atoms with Crippen LogP contribution >= 0.6 is 0 Å². The molecule has 6 nitrogen and oxygen atoms in total. The molecular formula is C21H26N4O2. The molecule has 0 unspecified atom stereocenters. The Hall–Kier alpha value is -2.34. The molecule has 0 saturated carbocycles. The fourth-order valence-corrected chi connectivity index (χ4v) is 5.52. The van der Waals surface area contributed by atoms with Gasteiger partial charge in [-0.15, -0.1) is 0 Å². The van der Waals surface area contributed by atoms with E-state index in [1.165, 1.54) is 12.8 Å². The molecule has 4 aliphatic heterocycles. The molecule has 2 bridgehead atoms. The summed E-state index contributed by atoms with van der Waals surface area (Å²) in [5, 5.41) is 14.3. The number of phenols is 1. The summed E-state index contributed by atoms with van der Waals surface area (Å²) in [6.07, 6.45) is 5.90. The Morgan fingerprint density at radius 3 is 2.78 bits per heavy atom. The van der Waals surface area contributed by atoms with Crippen LogP contribution in [0.15, 0.2) is 36.7 Å². The van der Waals surface area contributed by atoms with Gasteiger partial charge in [-0.25, -0.2) is 0 Å². The molecule has 1 aromatic carbocycles. The molecule has 6 rings (SSSR count). The summed E-state index contributed by atoms with van der Waals surface area (Å²) in [5.41, 5.74) is 1.82. The molecule has 142 valence electrons. The number of piperidine rings is 3. The van der Waals surface area contributed by atoms with Crippen molar-refractivity contribution < 1.29 is 9.90 Å². The summed E-state index contributed by atoms with van der Waals surface area (Å²) in [4.78, 5) is 18.0. The Bertz CT molecular complexity index is 855. The molecule has 0 spiro atoms. The topological polar surface area (TPSA) is 61.6 Å². The van der Waals surface area contributed by atoms with Gasteiger partial charge in [0.2, 0.25) is 0 Å². The van der Waals surface area contributed by atoms with Gasteiger partial charge < -0.3 is 10.0 Å². The largest absolute Gasteiger partial charge is 0.508 e. The average molecular weight is 366 g/mol. The Balaban J connectivity index is 1.51. The van der Waals surface area contributed by atoms with Crippen LogP contribution in [0.2, 0.25) is 0 Å². The van der Waals surface area contributed by atoms with E-state index in [4.69, 9.17) is 0 Å². The van der Waals surface area contributed by atoms with E-state index in [2.05, 4.69) is 21.0 Å². The summed E-state index contributed by atoms with van der Waals surface area (Å²) in [7, 11) is 0. The normalized spacial score (nSPS) is 31.9. The molecule has 1 N–H and O–H groups in total. The zero-order valence-electron chi connectivity index (χ0n) is 15.7. The van der Waals surface area contributed by atoms with Gasteiger partial charge in [0.25, 0.3) is 5.91 Å². The van der Waals surface area contributed by atoms with Crippen molar-refractivity contribution in [2.45, 2.75) is 44.3 Å². The van der Waals surface area contributed by atoms with E-state index < -0.39 is 0 Å². The number of likely N-dealkylation sites (tertiary alicyclic amines) is 1. The second-order valence-electron chi connectivity index (χ2n) is 8.10. The van der Waals surface area contributed by atoms with Crippen molar-refractivity contribution in [3.63, 3.8) is 0 Å². The second kappa shape index (κ2) is 6.37. The Morgan fingerprint density at radius 1 is 1.26 bits per heavy atom. The second-order valence-corrected chi connectivity index (χ2v) is 8.10. The summed E-state index contributed by atoms with van der Waals surface area (Å²) >= 11 is 0. The number of benzene rings is 1. The zero-order valence-corrected chi connectivity index (χ0v) is 15.7. The first kappa shape index (κ1) is 16.8. The molecule has 2 aromatic rings. The molecule has 5 heterocycles. The Morgan fingerprint density at radius 2 is 2.07 bits per heavy atom. The summed E-state index contributed by atoms with van der Waals surface area (Å²) < 4.78 is 1.81. The van der Waals surface area contributed by atoms with Crippen molar-refractivity contribution in [3.8, 4) is 5.75 Å². The van der Waals surface area contributed by atoms with Gasteiger partial charge in [-0.2, -0.15) is 5.10 Å². The van der Waals surface area contributed by atoms with Gasteiger partial charge in [-0.3, -0.25) is 14.4 Å². The lowest BCUT2D eigenvalue weighted by molar-refractivity contribution is -0.00342. The number of carbonyl (C=O) groups excluding carboxylic acids is 1. The molecule has 4 fully saturated rings. The van der Waals surface area contributed by atoms with Crippen LogP contribution in [-0.4, -0.2) is 62.3 Å². The molecule has 6 heteroatoms. The minimum atomic E-state index is 0.0982. The standard InChI is InChI=1S/C21H26N4O2/c1-2-24-12-16(11-22-24)21(27)25-13-18(15-4-3-5-17(26)10-15)20-19(25)14-6-8-23(20)9-7-14/h3-5,10-12,14,18-20,26H,2,6-9,13H2,1H3/t18-,19+,20+/m1/s1. The molecule has 4 saturated heterocycles. The third kappa shape index (κ3) is 2.65. The fourth-order valence-electron chi connectivity index (χ4n) is 5.52. The Kier molecular flexibility index (Phi) is 3.97. The molecule has 1 amide bonds. The number of aryl methyl sites for hydroxylation is 1. The van der Waals surface area contributed by atoms with Crippen molar-refractivity contribution in [1.82, 2.24) is 19.6 Å². The number of phenolic OH excluding ortho intramolecular Hbond substituents is 1. The van der Waals surface area contributed by atoms with Gasteiger partial charge >= 0.3 is 0 Å². The number of amides is 1. The molecule has 4 aliphatic rings. The number of aromatic nitrogens is 2. The number of rotatable bonds is 3. The summed E-state index contributed by atoms with van der Waals surface area (Å²) in [5.74, 6) is 1.22. The van der Waals surface area contributed by atoms with Gasteiger partial charge in [0.15, 0.2) is 0 Å². The van der Waals surface area contributed by atoms with E-state index in [1.54, 1.807) is 12.3 Å². The van der Waals surface area contributed by atoms with Crippen LogP contribution in [0.3, 0.4) is 0 Å². The van der Waals surface area contributed by atoms with Crippen molar-refractivity contribution >= 4 is 5.91 Å². The van der Waals surface area contributed by atoms with Crippen molar-refractivity contribution in [2.24, 2.45) is 5.92 Å². The maximum absolute atomic E-state index is 13.4. The monoisotopic (exact) mass is 366 g/mol. The predicted octanol–water partition coefficient (Wildman–Crippen LogP) is 2.31. The van der Waals surface area contributed by atoms with Crippen LogP contribution in [-0.2, 0) is 6.54 Å². The highest BCUT2D eigenvalue weighted by Gasteiger charge is 2.54. The van der Waals surface area contributed by atoms with E-state index in [9.17, 15) is 9.90 Å². The number of hydrogen-bond donors (Lipinski definition) is 1. The van der Waals surface area contributed by atoms with E-state index in [-0.39, 0.29) is 17.9 Å². The van der Waals surface area contributed by atoms with Crippen molar-refractivity contribution in [3.05, 3.63) is 47.8 Å². The highest BCUT2D eigenvalue weighted by atomic mass is 16.3. The van der Waals surface area contributed by atoms with Gasteiger partial charge in [-0.05, 0) is 56.5 Å². The minimum absolute atomic E-state index is 0.0982. The third-order valence-corrected chi connectivity index (χ3v) is 6.76. The SMILES string of the molecule is CCn1cc(C(=O)N2C[C@H](c3cccc(O)c3)[C@H]3[C@@H]2C2CCN3CC2)cn1. The predicted molar refractivity (Wildman–Crippen MR) is 102 cm³/mol. The van der Waals surface area contributed by atoms with Gasteiger partial charge in [0.1, 0.15) is 5.75 Å². The van der Waals surface area contributed by atoms with Gasteiger partial charge in [-0.1, -0.05) is 12.1 Å². The molecule has 1 aromatic heterocycles. The van der Waals surface area contributed by atoms with Gasteiger partial charge in [0, 0.05) is 31.2 Å². The number of hydrogen-bond acceptors (Lipinski definition) is 4. The first-order chi connectivity index (χ1) is 13.2. The molecule has 27 heavy (non-hydrogen) atoms. The van der Waals surface area contributed by atoms with Crippen LogP contribution < -0.4 is 0 Å². The summed E-state index contributed by atoms with van der Waals surface area (Å²) in [6.45, 7) is 5.75. The maximum Gasteiger partial charge on any atom is 0.257 e. The quantitative estimate of drug-likeness (QED) is 0.906. The van der Waals surface area contributed by atoms with Crippen LogP contribution in [0, 0.1) is 5.92 Å². The Labute approximate surface area is 159 Å². The van der Waals surface area contributed by atoms with Crippen LogP contribution in [0.4, 0.5) is 0 Å². The average Bonchev–Trinajstić information content (AvgIpc) is 3.34. The highest BCUT2D eigenvalue weighted by molar-refractivity contribution is 5.94. The van der Waals surface area contributed by atoms with E-state index >= 15 is 0 Å². The van der Waals surface area contributed by atoms with Crippen LogP contribution in [0.25, 0.3) is 0 Å². The molecular weight excluding hydrogens is 340 g/mol. The number of fused-ring (bicyclic) bond motifs is 2. The number of aromatic hydroxyl groups is 1. The van der Waals surface area contributed by atoms with E-state index in [1.807, 2.05) is 29.9 Å². The highest BCUT2D eigenvalue weighted by Crippen LogP contribution is 2.47. The summed E-state index contributed by atoms with van der Waals surface area (Å²) in [6, 6.07) is 8.20. The molecule has 0 radical (unpaired) electrons. The minimum Gasteiger partial charge on any atom is -0.508 e. The van der Waals surface area contributed by atoms with Gasteiger partial charge in [0.05, 0.1) is 17.8 Å². The molecule has 3 atom stereocenters. The first-order valence-electron chi connectivity index (χ1n) is 10.0. The zero-order chi connectivity index (χ0) is 18.5. The smallest absolute Gasteiger partial charge is 0.257 e. The fraction of sp³-hybridized carbons (Fsp3) is 0.524. The lowest BCUT2D eigenvalue weighted by Crippen LogP contribution is -2.60. The lowest BCUT2D eigenvalue weighted by atomic mass is 9.75. The van der Waals surface area contributed by atoms with E-state index in [0.717, 1.165) is 25.2 Å². The number of nitrogens with zero attached hydrogens (tertiary/aromatic N) is 4. The first-order valence-corrected chi connectivity index (χ1v) is 10.0. The maximum atomic E-state index is 13.4. The molecule has 0 aliphatic carbocycles. The van der Waals surface area contributed by atoms with Crippen LogP contribution in [0.5, 0.6) is 5.75 Å². The van der Waals surface area contributed by atoms with Crippen LogP contribution in [0.1, 0.15) is 41.6 Å². The third-order valence-electron chi connectivity index (χ3n) is 6.76. The van der Waals surface area contributed by atoms with Crippen molar-refractivity contribution in [1.29, 1.82) is 0 Å². The number of carbonyl (C=O) groups is 1. The lowest BCUT2D eigenvalue weighted by Gasteiger charge is -2.51. The van der Waals surface area contributed by atoms with E-state index in [0.29, 0.717) is 29.8 Å².